The van der Waals surface area contributed by atoms with Gasteiger partial charge in [-0.3, -0.25) is 4.79 Å². The van der Waals surface area contributed by atoms with Crippen molar-refractivity contribution in [2.24, 2.45) is 0 Å². The first-order chi connectivity index (χ1) is 9.22. The fraction of sp³-hybridized carbons (Fsp3) is 0.214. The zero-order valence-corrected chi connectivity index (χ0v) is 11.0. The van der Waals surface area contributed by atoms with E-state index in [-0.39, 0.29) is 5.91 Å². The highest BCUT2D eigenvalue weighted by Gasteiger charge is 2.08. The van der Waals surface area contributed by atoms with Gasteiger partial charge in [0.15, 0.2) is 0 Å². The highest BCUT2D eigenvalue weighted by Crippen LogP contribution is 2.12. The van der Waals surface area contributed by atoms with Crippen LogP contribution < -0.4 is 10.6 Å². The number of nitrogens with zero attached hydrogens (tertiary/aromatic N) is 2. The second-order valence-corrected chi connectivity index (χ2v) is 4.04. The van der Waals surface area contributed by atoms with Gasteiger partial charge in [0.25, 0.3) is 5.91 Å². The molecule has 5 heteroatoms. The summed E-state index contributed by atoms with van der Waals surface area (Å²) in [5.41, 5.74) is 2.24. The molecule has 2 rings (SSSR count). The molecule has 0 aliphatic heterocycles. The van der Waals surface area contributed by atoms with E-state index in [4.69, 9.17) is 0 Å². The maximum absolute atomic E-state index is 12.0. The summed E-state index contributed by atoms with van der Waals surface area (Å²) in [5, 5.41) is 5.66. The number of benzene rings is 1. The Labute approximate surface area is 112 Å². The second kappa shape index (κ2) is 5.95. The third-order valence-corrected chi connectivity index (χ3v) is 2.73. The van der Waals surface area contributed by atoms with E-state index in [9.17, 15) is 4.79 Å². The molecule has 5 nitrogen and oxygen atoms in total. The topological polar surface area (TPSA) is 66.9 Å². The normalized spacial score (nSPS) is 10.0. The molecule has 98 valence electrons. The van der Waals surface area contributed by atoms with Crippen LogP contribution in [0.5, 0.6) is 0 Å². The van der Waals surface area contributed by atoms with E-state index in [1.54, 1.807) is 7.05 Å². The summed E-state index contributed by atoms with van der Waals surface area (Å²) in [5.74, 6) is 0.368. The van der Waals surface area contributed by atoms with Crippen LogP contribution in [0.4, 0.5) is 11.5 Å². The smallest absolute Gasteiger partial charge is 0.275 e. The molecule has 2 N–H and O–H groups in total. The molecule has 1 aromatic carbocycles. The lowest BCUT2D eigenvalue weighted by Gasteiger charge is -2.06. The molecule has 0 atom stereocenters. The van der Waals surface area contributed by atoms with E-state index in [0.717, 1.165) is 12.1 Å². The molecule has 0 saturated carbocycles. The Kier molecular flexibility index (Phi) is 4.07. The molecule has 19 heavy (non-hydrogen) atoms. The first-order valence-electron chi connectivity index (χ1n) is 6.13. The molecule has 0 radical (unpaired) electrons. The zero-order valence-electron chi connectivity index (χ0n) is 11.0. The van der Waals surface area contributed by atoms with Gasteiger partial charge in [-0.25, -0.2) is 9.97 Å². The number of anilines is 2. The molecule has 1 amide bonds. The quantitative estimate of drug-likeness (QED) is 0.881. The molecule has 1 heterocycles. The predicted octanol–water partition coefficient (Wildman–Crippen LogP) is 2.33. The molecular formula is C14H16N4O. The Morgan fingerprint density at radius 2 is 2.11 bits per heavy atom. The second-order valence-electron chi connectivity index (χ2n) is 4.04. The Morgan fingerprint density at radius 3 is 2.74 bits per heavy atom. The number of amides is 1. The summed E-state index contributed by atoms with van der Waals surface area (Å²) in [6, 6.07) is 7.75. The first-order valence-corrected chi connectivity index (χ1v) is 6.13. The fourth-order valence-electron chi connectivity index (χ4n) is 1.64. The van der Waals surface area contributed by atoms with Crippen LogP contribution in [0.3, 0.4) is 0 Å². The van der Waals surface area contributed by atoms with E-state index in [1.807, 2.05) is 24.3 Å². The fourth-order valence-corrected chi connectivity index (χ4v) is 1.64. The van der Waals surface area contributed by atoms with Gasteiger partial charge < -0.3 is 10.6 Å². The van der Waals surface area contributed by atoms with Crippen molar-refractivity contribution < 1.29 is 4.79 Å². The van der Waals surface area contributed by atoms with Crippen molar-refractivity contribution in [3.05, 3.63) is 47.9 Å². The maximum Gasteiger partial charge on any atom is 0.275 e. The van der Waals surface area contributed by atoms with Crippen LogP contribution in [0.1, 0.15) is 23.0 Å². The largest absolute Gasteiger partial charge is 0.372 e. The van der Waals surface area contributed by atoms with Gasteiger partial charge in [-0.1, -0.05) is 19.1 Å². The van der Waals surface area contributed by atoms with Crippen LogP contribution in [0.2, 0.25) is 0 Å². The summed E-state index contributed by atoms with van der Waals surface area (Å²) in [4.78, 5) is 20.1. The lowest BCUT2D eigenvalue weighted by Crippen LogP contribution is -2.14. The molecule has 0 aliphatic rings. The Balaban J connectivity index is 2.11. The summed E-state index contributed by atoms with van der Waals surface area (Å²) in [7, 11) is 1.75. The molecule has 0 aliphatic carbocycles. The number of rotatable bonds is 4. The van der Waals surface area contributed by atoms with Crippen molar-refractivity contribution in [2.45, 2.75) is 13.3 Å². The standard InChI is InChI=1S/C14H16N4O/c1-3-10-5-4-6-11(7-10)18-14(19)12-8-17-13(15-2)9-16-12/h4-9H,3H2,1-2H3,(H,15,17)(H,18,19). The van der Waals surface area contributed by atoms with Crippen molar-refractivity contribution in [1.82, 2.24) is 9.97 Å². The Bertz CT molecular complexity index is 566. The van der Waals surface area contributed by atoms with Crippen molar-refractivity contribution in [1.29, 1.82) is 0 Å². The number of aromatic nitrogens is 2. The number of hydrogen-bond donors (Lipinski definition) is 2. The van der Waals surface area contributed by atoms with Gasteiger partial charge in [0, 0.05) is 12.7 Å². The maximum atomic E-state index is 12.0. The lowest BCUT2D eigenvalue weighted by molar-refractivity contribution is 0.102. The van der Waals surface area contributed by atoms with Gasteiger partial charge in [0.2, 0.25) is 0 Å². The Hall–Kier alpha value is -2.43. The molecule has 1 aromatic heterocycles. The summed E-state index contributed by atoms with van der Waals surface area (Å²) in [6.07, 6.45) is 3.91. The molecule has 0 spiro atoms. The van der Waals surface area contributed by atoms with Crippen LogP contribution >= 0.6 is 0 Å². The van der Waals surface area contributed by atoms with Crippen molar-refractivity contribution in [3.63, 3.8) is 0 Å². The summed E-state index contributed by atoms with van der Waals surface area (Å²) < 4.78 is 0. The van der Waals surface area contributed by atoms with Gasteiger partial charge in [-0.05, 0) is 24.1 Å². The molecule has 0 unspecified atom stereocenters. The van der Waals surface area contributed by atoms with Crippen molar-refractivity contribution in [2.75, 3.05) is 17.7 Å². The van der Waals surface area contributed by atoms with Crippen LogP contribution in [-0.2, 0) is 6.42 Å². The molecule has 0 bridgehead atoms. The number of aryl methyl sites for hydroxylation is 1. The average Bonchev–Trinajstić information content (AvgIpc) is 2.47. The van der Waals surface area contributed by atoms with Gasteiger partial charge in [-0.2, -0.15) is 0 Å². The van der Waals surface area contributed by atoms with E-state index < -0.39 is 0 Å². The van der Waals surface area contributed by atoms with Gasteiger partial charge >= 0.3 is 0 Å². The molecule has 0 fully saturated rings. The van der Waals surface area contributed by atoms with Crippen LogP contribution in [0.15, 0.2) is 36.7 Å². The van der Waals surface area contributed by atoms with Gasteiger partial charge in [-0.15, -0.1) is 0 Å². The monoisotopic (exact) mass is 256 g/mol. The number of carbonyl (C=O) groups excluding carboxylic acids is 1. The summed E-state index contributed by atoms with van der Waals surface area (Å²) in [6.45, 7) is 2.07. The van der Waals surface area contributed by atoms with E-state index in [2.05, 4.69) is 27.5 Å². The molecule has 2 aromatic rings. The van der Waals surface area contributed by atoms with Crippen LogP contribution in [0.25, 0.3) is 0 Å². The highest BCUT2D eigenvalue weighted by molar-refractivity contribution is 6.02. The van der Waals surface area contributed by atoms with Crippen LogP contribution in [-0.4, -0.2) is 22.9 Å². The number of carbonyl (C=O) groups is 1. The minimum atomic E-state index is -0.261. The SMILES string of the molecule is CCc1cccc(NC(=O)c2cnc(NC)cn2)c1. The first kappa shape index (κ1) is 13.0. The zero-order chi connectivity index (χ0) is 13.7. The van der Waals surface area contributed by atoms with E-state index in [0.29, 0.717) is 11.5 Å². The van der Waals surface area contributed by atoms with Gasteiger partial charge in [0.05, 0.1) is 12.4 Å². The lowest BCUT2D eigenvalue weighted by atomic mass is 10.1. The Morgan fingerprint density at radius 1 is 1.26 bits per heavy atom. The minimum Gasteiger partial charge on any atom is -0.372 e. The number of hydrogen-bond acceptors (Lipinski definition) is 4. The van der Waals surface area contributed by atoms with E-state index >= 15 is 0 Å². The summed E-state index contributed by atoms with van der Waals surface area (Å²) >= 11 is 0. The molecule has 0 saturated heterocycles. The van der Waals surface area contributed by atoms with Gasteiger partial charge in [0.1, 0.15) is 11.5 Å². The van der Waals surface area contributed by atoms with Crippen molar-refractivity contribution in [3.8, 4) is 0 Å². The van der Waals surface area contributed by atoms with Crippen molar-refractivity contribution >= 4 is 17.4 Å². The average molecular weight is 256 g/mol. The molecular weight excluding hydrogens is 240 g/mol. The predicted molar refractivity (Wildman–Crippen MR) is 75.4 cm³/mol. The highest BCUT2D eigenvalue weighted by atomic mass is 16.1. The third kappa shape index (κ3) is 3.28. The van der Waals surface area contributed by atoms with E-state index in [1.165, 1.54) is 18.0 Å². The van der Waals surface area contributed by atoms with Crippen LogP contribution in [0, 0.1) is 0 Å². The number of nitrogens with one attached hydrogen (secondary N) is 2. The third-order valence-electron chi connectivity index (χ3n) is 2.73. The minimum absolute atomic E-state index is 0.261.